The summed E-state index contributed by atoms with van der Waals surface area (Å²) in [5, 5.41) is 0. The lowest BCUT2D eigenvalue weighted by Crippen LogP contribution is -2.26. The Hall–Kier alpha value is -1.22. The number of Topliss-reactive ketones (excluding diaryl/α,β-unsaturated/α-hetero) is 1. The highest BCUT2D eigenvalue weighted by atomic mass is 19.1. The van der Waals surface area contributed by atoms with Crippen LogP contribution >= 0.6 is 0 Å². The molecule has 2 nitrogen and oxygen atoms in total. The number of hydrogen-bond donors (Lipinski definition) is 0. The summed E-state index contributed by atoms with van der Waals surface area (Å²) in [5.41, 5.74) is 0.435. The predicted octanol–water partition coefficient (Wildman–Crippen LogP) is 2.02. The van der Waals surface area contributed by atoms with E-state index in [2.05, 4.69) is 0 Å². The van der Waals surface area contributed by atoms with Crippen molar-refractivity contribution in [2.45, 2.75) is 13.0 Å². The maximum Gasteiger partial charge on any atom is 0.151 e. The highest BCUT2D eigenvalue weighted by Gasteiger charge is 2.21. The minimum absolute atomic E-state index is 0.0555. The second-order valence-electron chi connectivity index (χ2n) is 3.50. The number of halogens is 1. The fourth-order valence-corrected chi connectivity index (χ4v) is 1.56. The molecule has 0 spiro atoms. The molecule has 0 saturated heterocycles. The Morgan fingerprint density at radius 2 is 1.93 bits per heavy atom. The third kappa shape index (κ3) is 2.17. The maximum atomic E-state index is 13.4. The molecular weight excluding hydrogens is 181 g/mol. The van der Waals surface area contributed by atoms with E-state index in [0.717, 1.165) is 0 Å². The largest absolute Gasteiger partial charge is 0.298 e. The van der Waals surface area contributed by atoms with Crippen LogP contribution in [0.15, 0.2) is 24.3 Å². The summed E-state index contributed by atoms with van der Waals surface area (Å²) in [4.78, 5) is 13.0. The van der Waals surface area contributed by atoms with Crippen LogP contribution in [0.1, 0.15) is 18.5 Å². The highest BCUT2D eigenvalue weighted by molar-refractivity contribution is 5.82. The van der Waals surface area contributed by atoms with Gasteiger partial charge in [0.05, 0.1) is 6.04 Å². The van der Waals surface area contributed by atoms with Gasteiger partial charge in [-0.1, -0.05) is 18.2 Å². The van der Waals surface area contributed by atoms with E-state index in [9.17, 15) is 9.18 Å². The van der Waals surface area contributed by atoms with Crippen molar-refractivity contribution in [3.8, 4) is 0 Å². The Morgan fingerprint density at radius 3 is 2.36 bits per heavy atom. The standard InChI is InChI=1S/C11H14FNO/c1-8(14)11(13(2)3)9-6-4-5-7-10(9)12/h4-7,11H,1-3H3. The summed E-state index contributed by atoms with van der Waals surface area (Å²) in [6, 6.07) is 5.87. The molecule has 1 unspecified atom stereocenters. The van der Waals surface area contributed by atoms with Crippen LogP contribution in [0.25, 0.3) is 0 Å². The summed E-state index contributed by atoms with van der Waals surface area (Å²) in [6.45, 7) is 1.47. The van der Waals surface area contributed by atoms with Gasteiger partial charge in [-0.25, -0.2) is 4.39 Å². The van der Waals surface area contributed by atoms with E-state index in [1.165, 1.54) is 13.0 Å². The van der Waals surface area contributed by atoms with Crippen molar-refractivity contribution in [2.75, 3.05) is 14.1 Å². The zero-order valence-electron chi connectivity index (χ0n) is 8.62. The Balaban J connectivity index is 3.12. The third-order valence-corrected chi connectivity index (χ3v) is 2.10. The van der Waals surface area contributed by atoms with Gasteiger partial charge in [0.1, 0.15) is 5.82 Å². The van der Waals surface area contributed by atoms with E-state index >= 15 is 0 Å². The molecule has 0 aliphatic heterocycles. The summed E-state index contributed by atoms with van der Waals surface area (Å²) in [5.74, 6) is -0.387. The van der Waals surface area contributed by atoms with Gasteiger partial charge >= 0.3 is 0 Å². The van der Waals surface area contributed by atoms with E-state index in [4.69, 9.17) is 0 Å². The smallest absolute Gasteiger partial charge is 0.151 e. The van der Waals surface area contributed by atoms with Gasteiger partial charge in [0, 0.05) is 5.56 Å². The van der Waals surface area contributed by atoms with Crippen LogP contribution in [0.3, 0.4) is 0 Å². The van der Waals surface area contributed by atoms with Gasteiger partial charge in [0.25, 0.3) is 0 Å². The van der Waals surface area contributed by atoms with Crippen LogP contribution in [0.2, 0.25) is 0 Å². The van der Waals surface area contributed by atoms with E-state index < -0.39 is 6.04 Å². The van der Waals surface area contributed by atoms with Gasteiger partial charge in [-0.05, 0) is 27.1 Å². The molecule has 1 aromatic rings. The number of hydrogen-bond acceptors (Lipinski definition) is 2. The molecule has 1 aromatic carbocycles. The average Bonchev–Trinajstić information content (AvgIpc) is 2.07. The van der Waals surface area contributed by atoms with Crippen LogP contribution in [-0.2, 0) is 4.79 Å². The Morgan fingerprint density at radius 1 is 1.36 bits per heavy atom. The number of carbonyl (C=O) groups is 1. The van der Waals surface area contributed by atoms with Crippen molar-refractivity contribution >= 4 is 5.78 Å². The molecule has 0 radical (unpaired) electrons. The number of nitrogens with zero attached hydrogens (tertiary/aromatic N) is 1. The van der Waals surface area contributed by atoms with Gasteiger partial charge in [0.15, 0.2) is 5.78 Å². The van der Waals surface area contributed by atoms with E-state index in [-0.39, 0.29) is 11.6 Å². The van der Waals surface area contributed by atoms with E-state index in [1.807, 2.05) is 0 Å². The molecule has 14 heavy (non-hydrogen) atoms. The molecule has 0 aromatic heterocycles. The molecule has 0 bridgehead atoms. The normalized spacial score (nSPS) is 12.9. The first kappa shape index (κ1) is 10.9. The number of carbonyl (C=O) groups excluding carboxylic acids is 1. The van der Waals surface area contributed by atoms with Crippen LogP contribution < -0.4 is 0 Å². The van der Waals surface area contributed by atoms with Crippen molar-refractivity contribution in [1.29, 1.82) is 0 Å². The fraction of sp³-hybridized carbons (Fsp3) is 0.364. The number of benzene rings is 1. The molecule has 0 N–H and O–H groups in total. The van der Waals surface area contributed by atoms with Crippen molar-refractivity contribution in [1.82, 2.24) is 4.90 Å². The second kappa shape index (κ2) is 4.33. The van der Waals surface area contributed by atoms with E-state index in [1.54, 1.807) is 37.2 Å². The fourth-order valence-electron chi connectivity index (χ4n) is 1.56. The lowest BCUT2D eigenvalue weighted by molar-refractivity contribution is -0.121. The van der Waals surface area contributed by atoms with Gasteiger partial charge in [-0.3, -0.25) is 9.69 Å². The molecule has 1 atom stereocenters. The van der Waals surface area contributed by atoms with Crippen molar-refractivity contribution in [2.24, 2.45) is 0 Å². The monoisotopic (exact) mass is 195 g/mol. The number of rotatable bonds is 3. The predicted molar refractivity (Wildman–Crippen MR) is 53.5 cm³/mol. The van der Waals surface area contributed by atoms with Crippen LogP contribution in [0, 0.1) is 5.82 Å². The molecule has 0 saturated carbocycles. The number of likely N-dealkylation sites (N-methyl/N-ethyl adjacent to an activating group) is 1. The molecule has 0 aliphatic carbocycles. The lowest BCUT2D eigenvalue weighted by Gasteiger charge is -2.22. The molecule has 3 heteroatoms. The first-order chi connectivity index (χ1) is 6.54. The van der Waals surface area contributed by atoms with Crippen molar-refractivity contribution < 1.29 is 9.18 Å². The van der Waals surface area contributed by atoms with Gasteiger partial charge in [-0.15, -0.1) is 0 Å². The number of ketones is 1. The minimum atomic E-state index is -0.490. The van der Waals surface area contributed by atoms with Gasteiger partial charge in [0.2, 0.25) is 0 Å². The Labute approximate surface area is 83.3 Å². The molecule has 0 heterocycles. The third-order valence-electron chi connectivity index (χ3n) is 2.10. The van der Waals surface area contributed by atoms with Gasteiger partial charge < -0.3 is 0 Å². The first-order valence-electron chi connectivity index (χ1n) is 4.45. The van der Waals surface area contributed by atoms with Crippen LogP contribution in [0.5, 0.6) is 0 Å². The molecule has 0 fully saturated rings. The molecule has 0 aliphatic rings. The maximum absolute atomic E-state index is 13.4. The van der Waals surface area contributed by atoms with Gasteiger partial charge in [-0.2, -0.15) is 0 Å². The quantitative estimate of drug-likeness (QED) is 0.735. The summed E-state index contributed by atoms with van der Waals surface area (Å²) < 4.78 is 13.4. The van der Waals surface area contributed by atoms with E-state index in [0.29, 0.717) is 5.56 Å². The van der Waals surface area contributed by atoms with Crippen LogP contribution in [-0.4, -0.2) is 24.8 Å². The zero-order chi connectivity index (χ0) is 10.7. The lowest BCUT2D eigenvalue weighted by atomic mass is 10.0. The molecule has 0 amide bonds. The summed E-state index contributed by atoms with van der Waals surface area (Å²) in [6.07, 6.45) is 0. The summed E-state index contributed by atoms with van der Waals surface area (Å²) >= 11 is 0. The Kier molecular flexibility index (Phi) is 3.36. The zero-order valence-corrected chi connectivity index (χ0v) is 8.62. The summed E-state index contributed by atoms with van der Waals surface area (Å²) in [7, 11) is 3.52. The topological polar surface area (TPSA) is 20.3 Å². The Bertz CT molecular complexity index is 336. The first-order valence-corrected chi connectivity index (χ1v) is 4.45. The second-order valence-corrected chi connectivity index (χ2v) is 3.50. The SMILES string of the molecule is CC(=O)C(c1ccccc1F)N(C)C. The molecular formula is C11H14FNO. The molecule has 1 rings (SSSR count). The van der Waals surface area contributed by atoms with Crippen LogP contribution in [0.4, 0.5) is 4.39 Å². The molecule has 76 valence electrons. The van der Waals surface area contributed by atoms with Crippen molar-refractivity contribution in [3.63, 3.8) is 0 Å². The highest BCUT2D eigenvalue weighted by Crippen LogP contribution is 2.21. The van der Waals surface area contributed by atoms with Crippen molar-refractivity contribution in [3.05, 3.63) is 35.6 Å². The minimum Gasteiger partial charge on any atom is -0.298 e. The average molecular weight is 195 g/mol.